The summed E-state index contributed by atoms with van der Waals surface area (Å²) in [7, 11) is 3.17. The average molecular weight is 1740 g/mol. The van der Waals surface area contributed by atoms with E-state index in [9.17, 15) is 0 Å². The Morgan fingerprint density at radius 3 is 0.868 bits per heavy atom. The van der Waals surface area contributed by atoms with Crippen LogP contribution in [0.25, 0.3) is 0 Å². The van der Waals surface area contributed by atoms with E-state index in [1.54, 1.807) is 34.1 Å². The molecule has 0 aliphatic carbocycles. The highest BCUT2D eigenvalue weighted by Gasteiger charge is 2.59. The molecule has 3 aliphatic heterocycles. The molecule has 19 nitrogen and oxygen atoms in total. The Morgan fingerprint density at radius 1 is 0.279 bits per heavy atom. The molecular formula is C110H116O19. The molecule has 3 heterocycles. The number of hydrogen-bond acceptors (Lipinski definition) is 19. The first-order valence-electron chi connectivity index (χ1n) is 44.4. The quantitative estimate of drug-likeness (QED) is 0.0328. The molecule has 12 aromatic carbocycles. The number of ketones is 1. The second kappa shape index (κ2) is 48.8. The molecule has 0 N–H and O–H groups in total. The van der Waals surface area contributed by atoms with Crippen LogP contribution < -0.4 is 0 Å². The van der Waals surface area contributed by atoms with Crippen LogP contribution in [0.4, 0.5) is 0 Å². The maximum atomic E-state index is 16.6. The van der Waals surface area contributed by atoms with Gasteiger partial charge in [-0.3, -0.25) is 4.79 Å². The lowest BCUT2D eigenvalue weighted by atomic mass is 9.87. The van der Waals surface area contributed by atoms with Crippen LogP contribution in [0, 0.1) is 0 Å². The van der Waals surface area contributed by atoms with Crippen molar-refractivity contribution in [3.05, 3.63) is 443 Å². The van der Waals surface area contributed by atoms with Gasteiger partial charge < -0.3 is 85.3 Å². The monoisotopic (exact) mass is 1740 g/mol. The van der Waals surface area contributed by atoms with Crippen LogP contribution in [-0.2, 0) is 169 Å². The standard InChI is InChI=1S/C110H116O19/c1-110(2)128-93(105(129-110)104-100(121-74-86-55-31-12-32-56-86)102(123-76-88-59-35-14-36-60-88)107(109(113-4)127-104)125-78-90-63-39-16-40-64-90)91(111)65-66-92(114-67-79-41-17-5-18-42-79)94(115-68-80-43-19-6-20-44-80)95(116-69-81-45-21-7-22-46-81)96(117-70-82-47-23-8-24-48-82)97(118-71-83-49-25-9-26-50-83)98(119-72-84-51-27-10-28-52-84)103-99(120-73-85-53-29-11-30-54-85)101(122-75-87-57-33-13-34-58-87)106(108(112-3)126-103)124-77-89-61-37-15-38-62-89/h5-66,92-109H,67-78H2,1-4H3/b66-65+/t92-,93+,94?,95-,96?,97+,98?,99-,100-,101-,102-,103+,104-,105-,106+,107+,108-,109-/m0/s1. The van der Waals surface area contributed by atoms with Crippen molar-refractivity contribution in [1.82, 2.24) is 0 Å². The summed E-state index contributed by atoms with van der Waals surface area (Å²) < 4.78 is 132. The lowest BCUT2D eigenvalue weighted by Gasteiger charge is -2.50. The molecule has 0 bridgehead atoms. The van der Waals surface area contributed by atoms with Gasteiger partial charge in [0.25, 0.3) is 0 Å². The number of ether oxygens (including phenoxy) is 18. The van der Waals surface area contributed by atoms with Crippen LogP contribution in [-0.4, -0.2) is 136 Å². The molecule has 0 amide bonds. The molecule has 18 atom stereocenters. The first-order valence-corrected chi connectivity index (χ1v) is 44.4. The minimum atomic E-state index is -1.38. The van der Waals surface area contributed by atoms with Crippen LogP contribution in [0.15, 0.2) is 376 Å². The molecule has 0 spiro atoms. The van der Waals surface area contributed by atoms with Gasteiger partial charge in [-0.2, -0.15) is 0 Å². The summed E-state index contributed by atoms with van der Waals surface area (Å²) in [6, 6.07) is 119. The summed E-state index contributed by atoms with van der Waals surface area (Å²) in [6.45, 7) is 4.51. The van der Waals surface area contributed by atoms with Gasteiger partial charge in [0, 0.05) is 14.2 Å². The third-order valence-electron chi connectivity index (χ3n) is 23.1. The smallest absolute Gasteiger partial charge is 0.187 e. The van der Waals surface area contributed by atoms with Crippen molar-refractivity contribution in [2.45, 2.75) is 209 Å². The van der Waals surface area contributed by atoms with Crippen LogP contribution in [0.5, 0.6) is 0 Å². The summed E-state index contributed by atoms with van der Waals surface area (Å²) in [5.41, 5.74) is 10.4. The van der Waals surface area contributed by atoms with E-state index < -0.39 is 122 Å². The maximum Gasteiger partial charge on any atom is 0.187 e. The maximum absolute atomic E-state index is 16.6. The van der Waals surface area contributed by atoms with Gasteiger partial charge in [-0.05, 0) is 92.8 Å². The van der Waals surface area contributed by atoms with Crippen LogP contribution >= 0.6 is 0 Å². The summed E-state index contributed by atoms with van der Waals surface area (Å²) in [6.07, 6.45) is -17.0. The first-order chi connectivity index (χ1) is 63.5. The van der Waals surface area contributed by atoms with Crippen molar-refractivity contribution >= 4 is 5.78 Å². The molecular weight excluding hydrogens is 1630 g/mol. The molecule has 15 rings (SSSR count). The summed E-state index contributed by atoms with van der Waals surface area (Å²) >= 11 is 0. The normalized spacial score (nSPS) is 22.4. The van der Waals surface area contributed by atoms with Gasteiger partial charge in [0.2, 0.25) is 0 Å². The Bertz CT molecular complexity index is 5170. The second-order valence-electron chi connectivity index (χ2n) is 32.8. The SMILES string of the molecule is CO[C@H]1O[C@H](C(OCc2ccccc2)[C@H](OCc2ccccc2)C(OCc2ccccc2)[C@@H](OCc2ccccc2)C(OCc2ccccc2)[C@H](/C=C/C(=O)[C@H]2OC(C)(C)O[C@@H]2[C@H]2O[C@H](OC)[C@H](OCc3ccccc3)[C@@H](OCc3ccccc3)[C@@H]2OCc2ccccc2)OCc2ccccc2)[C@@H](OCc2ccccc2)[C@H](OCc2ccccc2)[C@H]1OCc1ccccc1. The van der Waals surface area contributed by atoms with Gasteiger partial charge in [-0.25, -0.2) is 0 Å². The van der Waals surface area contributed by atoms with Crippen LogP contribution in [0.3, 0.4) is 0 Å². The Morgan fingerprint density at radius 2 is 0.535 bits per heavy atom. The third kappa shape index (κ3) is 27.0. The molecule has 0 aromatic heterocycles. The van der Waals surface area contributed by atoms with E-state index in [1.807, 2.05) is 364 Å². The predicted octanol–water partition coefficient (Wildman–Crippen LogP) is 19.4. The molecule has 12 aromatic rings. The summed E-state index contributed by atoms with van der Waals surface area (Å²) in [5, 5.41) is 0. The van der Waals surface area contributed by atoms with Crippen molar-refractivity contribution < 1.29 is 90.1 Å². The van der Waals surface area contributed by atoms with E-state index in [0.717, 1.165) is 66.8 Å². The van der Waals surface area contributed by atoms with Crippen molar-refractivity contribution in [2.24, 2.45) is 0 Å². The summed E-state index contributed by atoms with van der Waals surface area (Å²) in [4.78, 5) is 16.6. The highest BCUT2D eigenvalue weighted by molar-refractivity contribution is 5.94. The van der Waals surface area contributed by atoms with E-state index >= 15 is 4.79 Å². The second-order valence-corrected chi connectivity index (χ2v) is 32.8. The molecule has 670 valence electrons. The minimum Gasteiger partial charge on any atom is -0.368 e. The number of carbonyl (C=O) groups excluding carboxylic acids is 1. The number of rotatable bonds is 48. The zero-order chi connectivity index (χ0) is 88.5. The topological polar surface area (TPSA) is 183 Å². The molecule has 3 saturated heterocycles. The first kappa shape index (κ1) is 93.0. The molecule has 19 heteroatoms. The zero-order valence-corrected chi connectivity index (χ0v) is 73.4. The van der Waals surface area contributed by atoms with Crippen LogP contribution in [0.2, 0.25) is 0 Å². The Balaban J connectivity index is 0.894. The van der Waals surface area contributed by atoms with E-state index in [1.165, 1.54) is 6.08 Å². The fourth-order valence-electron chi connectivity index (χ4n) is 16.6. The lowest BCUT2D eigenvalue weighted by Crippen LogP contribution is -2.67. The van der Waals surface area contributed by atoms with E-state index in [0.29, 0.717) is 0 Å². The average Bonchev–Trinajstić information content (AvgIpc) is 1.73. The zero-order valence-electron chi connectivity index (χ0n) is 73.4. The number of methoxy groups -OCH3 is 2. The van der Waals surface area contributed by atoms with Gasteiger partial charge in [0.05, 0.1) is 79.3 Å². The Hall–Kier alpha value is -10.7. The van der Waals surface area contributed by atoms with Gasteiger partial charge in [-0.1, -0.05) is 364 Å². The fourth-order valence-corrected chi connectivity index (χ4v) is 16.6. The Kier molecular flexibility index (Phi) is 35.2. The molecule has 3 fully saturated rings. The molecule has 0 saturated carbocycles. The number of carbonyl (C=O) groups is 1. The van der Waals surface area contributed by atoms with Crippen LogP contribution in [0.1, 0.15) is 80.6 Å². The molecule has 129 heavy (non-hydrogen) atoms. The van der Waals surface area contributed by atoms with E-state index in [2.05, 4.69) is 0 Å². The van der Waals surface area contributed by atoms with E-state index in [-0.39, 0.29) is 79.3 Å². The molecule has 3 unspecified atom stereocenters. The molecule has 0 radical (unpaired) electrons. The highest BCUT2D eigenvalue weighted by Crippen LogP contribution is 2.42. The third-order valence-corrected chi connectivity index (χ3v) is 23.1. The number of benzene rings is 12. The largest absolute Gasteiger partial charge is 0.368 e. The van der Waals surface area contributed by atoms with Gasteiger partial charge in [0.15, 0.2) is 30.3 Å². The van der Waals surface area contributed by atoms with Crippen molar-refractivity contribution in [2.75, 3.05) is 14.2 Å². The van der Waals surface area contributed by atoms with Gasteiger partial charge in [0.1, 0.15) is 91.6 Å². The van der Waals surface area contributed by atoms with Gasteiger partial charge in [-0.15, -0.1) is 0 Å². The molecule has 3 aliphatic rings. The summed E-state index contributed by atoms with van der Waals surface area (Å²) in [5.74, 6) is -1.88. The predicted molar refractivity (Wildman–Crippen MR) is 490 cm³/mol. The van der Waals surface area contributed by atoms with Crippen molar-refractivity contribution in [1.29, 1.82) is 0 Å². The fraction of sp³-hybridized carbons (Fsp3) is 0.318. The number of hydrogen-bond donors (Lipinski definition) is 0. The minimum absolute atomic E-state index is 0.00158. The lowest BCUT2D eigenvalue weighted by molar-refractivity contribution is -0.343. The highest BCUT2D eigenvalue weighted by atomic mass is 16.8. The van der Waals surface area contributed by atoms with E-state index in [4.69, 9.17) is 85.3 Å². The van der Waals surface area contributed by atoms with Crippen molar-refractivity contribution in [3.63, 3.8) is 0 Å². The van der Waals surface area contributed by atoms with Crippen molar-refractivity contribution in [3.8, 4) is 0 Å². The Labute approximate surface area is 757 Å². The van der Waals surface area contributed by atoms with Gasteiger partial charge >= 0.3 is 0 Å².